The van der Waals surface area contributed by atoms with Crippen LogP contribution in [0.5, 0.6) is 0 Å². The Morgan fingerprint density at radius 1 is 1.32 bits per heavy atom. The van der Waals surface area contributed by atoms with Gasteiger partial charge in [0.25, 0.3) is 0 Å². The molecule has 4 rings (SSSR count). The lowest BCUT2D eigenvalue weighted by atomic mass is 9.99. The molecule has 1 saturated heterocycles. The number of benzene rings is 1. The average molecular weight is 542 g/mol. The first-order valence-corrected chi connectivity index (χ1v) is 12.6. The highest BCUT2D eigenvalue weighted by Crippen LogP contribution is 2.38. The maximum Gasteiger partial charge on any atom is 0.338 e. The molecule has 12 heteroatoms. The molecule has 0 radical (unpaired) electrons. The zero-order valence-corrected chi connectivity index (χ0v) is 21.6. The molecule has 38 heavy (non-hydrogen) atoms. The Bertz CT molecular complexity index is 1370. The first kappa shape index (κ1) is 27.3. The highest BCUT2D eigenvalue weighted by Gasteiger charge is 2.49. The summed E-state index contributed by atoms with van der Waals surface area (Å²) in [4.78, 5) is 37.2. The molecule has 1 aromatic carbocycles. The Hall–Kier alpha value is -3.72. The number of hydrogen-bond acceptors (Lipinski definition) is 10. The summed E-state index contributed by atoms with van der Waals surface area (Å²) in [6.07, 6.45) is 8.30. The zero-order chi connectivity index (χ0) is 27.3. The monoisotopic (exact) mass is 541 g/mol. The molecule has 1 aliphatic heterocycles. The molecule has 3 atom stereocenters. The molecular weight excluding hydrogens is 514 g/mol. The van der Waals surface area contributed by atoms with Crippen LogP contribution in [0.1, 0.15) is 61.2 Å². The Morgan fingerprint density at radius 2 is 2.11 bits per heavy atom. The number of ether oxygens (including phenoxy) is 3. The number of esters is 2. The van der Waals surface area contributed by atoms with Gasteiger partial charge in [0.2, 0.25) is 5.28 Å². The van der Waals surface area contributed by atoms with Gasteiger partial charge in [-0.25, -0.2) is 9.78 Å². The van der Waals surface area contributed by atoms with Crippen LogP contribution in [-0.4, -0.2) is 54.9 Å². The van der Waals surface area contributed by atoms with Gasteiger partial charge in [0.1, 0.15) is 31.1 Å². The lowest BCUT2D eigenvalue weighted by Gasteiger charge is -2.26. The highest BCUT2D eigenvalue weighted by molar-refractivity contribution is 6.28. The number of hydrogen-bond donors (Lipinski definition) is 2. The number of carbonyl (C=O) groups excluding carboxylic acids is 2. The number of aliphatic hydroxyl groups excluding tert-OH is 1. The van der Waals surface area contributed by atoms with E-state index < -0.39 is 30.5 Å². The number of terminal acetylenes is 1. The van der Waals surface area contributed by atoms with Gasteiger partial charge in [0.15, 0.2) is 17.1 Å². The second kappa shape index (κ2) is 11.8. The number of carbonyl (C=O) groups is 2. The summed E-state index contributed by atoms with van der Waals surface area (Å²) in [7, 11) is 0. The molecule has 3 aromatic rings. The van der Waals surface area contributed by atoms with Crippen molar-refractivity contribution >= 4 is 40.5 Å². The fourth-order valence-corrected chi connectivity index (χ4v) is 4.36. The SMILES string of the molecule is C#C[C@]1(COC(=O)c2ccccc2COC(=O)CCCCC)O[C@@H](n2cnc3c(N)nc(Cl)nc32)C[C@@H]1O. The van der Waals surface area contributed by atoms with E-state index in [0.29, 0.717) is 23.1 Å². The van der Waals surface area contributed by atoms with Crippen LogP contribution in [0.2, 0.25) is 5.28 Å². The van der Waals surface area contributed by atoms with Crippen molar-refractivity contribution in [3.63, 3.8) is 0 Å². The van der Waals surface area contributed by atoms with Crippen molar-refractivity contribution in [2.75, 3.05) is 12.3 Å². The first-order chi connectivity index (χ1) is 18.3. The third-order valence-electron chi connectivity index (χ3n) is 6.31. The molecule has 11 nitrogen and oxygen atoms in total. The van der Waals surface area contributed by atoms with Crippen molar-refractivity contribution in [1.82, 2.24) is 19.5 Å². The van der Waals surface area contributed by atoms with Crippen molar-refractivity contribution in [3.8, 4) is 12.3 Å². The molecule has 0 unspecified atom stereocenters. The minimum atomic E-state index is -1.63. The van der Waals surface area contributed by atoms with Gasteiger partial charge in [0.05, 0.1) is 11.9 Å². The van der Waals surface area contributed by atoms with Gasteiger partial charge >= 0.3 is 11.9 Å². The summed E-state index contributed by atoms with van der Waals surface area (Å²) in [5.74, 6) is 1.51. The second-order valence-electron chi connectivity index (χ2n) is 8.91. The van der Waals surface area contributed by atoms with Crippen LogP contribution >= 0.6 is 11.6 Å². The maximum absolute atomic E-state index is 13.0. The van der Waals surface area contributed by atoms with Crippen LogP contribution in [0.3, 0.4) is 0 Å². The number of aromatic nitrogens is 4. The van der Waals surface area contributed by atoms with E-state index in [0.717, 1.165) is 19.3 Å². The summed E-state index contributed by atoms with van der Waals surface area (Å²) in [5, 5.41) is 10.8. The maximum atomic E-state index is 13.0. The molecule has 0 aliphatic carbocycles. The number of nitrogens with zero attached hydrogens (tertiary/aromatic N) is 4. The predicted molar refractivity (Wildman–Crippen MR) is 138 cm³/mol. The van der Waals surface area contributed by atoms with E-state index in [1.54, 1.807) is 24.3 Å². The van der Waals surface area contributed by atoms with Gasteiger partial charge in [0, 0.05) is 18.4 Å². The molecule has 0 bridgehead atoms. The first-order valence-electron chi connectivity index (χ1n) is 12.2. The van der Waals surface area contributed by atoms with E-state index in [4.69, 9.17) is 38.0 Å². The van der Waals surface area contributed by atoms with E-state index in [1.165, 1.54) is 10.9 Å². The number of unbranched alkanes of at least 4 members (excludes halogenated alkanes) is 2. The third kappa shape index (κ3) is 5.72. The van der Waals surface area contributed by atoms with Gasteiger partial charge in [-0.2, -0.15) is 9.97 Å². The Kier molecular flexibility index (Phi) is 8.46. The molecule has 1 aliphatic rings. The number of halogens is 1. The van der Waals surface area contributed by atoms with E-state index in [-0.39, 0.29) is 35.7 Å². The van der Waals surface area contributed by atoms with Crippen LogP contribution in [0.4, 0.5) is 5.82 Å². The van der Waals surface area contributed by atoms with E-state index in [9.17, 15) is 14.7 Å². The predicted octanol–water partition coefficient (Wildman–Crippen LogP) is 3.19. The van der Waals surface area contributed by atoms with Crippen molar-refractivity contribution < 1.29 is 28.9 Å². The smallest absolute Gasteiger partial charge is 0.338 e. The van der Waals surface area contributed by atoms with Crippen LogP contribution in [-0.2, 0) is 25.6 Å². The van der Waals surface area contributed by atoms with Crippen LogP contribution in [0.25, 0.3) is 11.2 Å². The van der Waals surface area contributed by atoms with E-state index in [1.807, 2.05) is 6.92 Å². The Morgan fingerprint density at radius 3 is 2.87 bits per heavy atom. The van der Waals surface area contributed by atoms with Gasteiger partial charge in [-0.15, -0.1) is 6.42 Å². The summed E-state index contributed by atoms with van der Waals surface area (Å²) in [6.45, 7) is 1.56. The third-order valence-corrected chi connectivity index (χ3v) is 6.48. The van der Waals surface area contributed by atoms with Crippen molar-refractivity contribution in [1.29, 1.82) is 0 Å². The summed E-state index contributed by atoms with van der Waals surface area (Å²) >= 11 is 5.94. The normalized spacial score (nSPS) is 20.8. The van der Waals surface area contributed by atoms with Crippen molar-refractivity contribution in [2.24, 2.45) is 0 Å². The fraction of sp³-hybridized carbons (Fsp3) is 0.423. The van der Waals surface area contributed by atoms with Gasteiger partial charge in [-0.1, -0.05) is 43.9 Å². The van der Waals surface area contributed by atoms with Crippen LogP contribution in [0, 0.1) is 12.3 Å². The zero-order valence-electron chi connectivity index (χ0n) is 20.8. The van der Waals surface area contributed by atoms with E-state index in [2.05, 4.69) is 20.9 Å². The number of nitrogens with two attached hydrogens (primary N) is 1. The van der Waals surface area contributed by atoms with Crippen molar-refractivity contribution in [3.05, 3.63) is 47.0 Å². The average Bonchev–Trinajstić information content (AvgIpc) is 3.47. The summed E-state index contributed by atoms with van der Waals surface area (Å²) in [6, 6.07) is 6.63. The summed E-state index contributed by atoms with van der Waals surface area (Å²) in [5.41, 5.74) is 5.57. The molecule has 0 saturated carbocycles. The second-order valence-corrected chi connectivity index (χ2v) is 9.25. The van der Waals surface area contributed by atoms with E-state index >= 15 is 0 Å². The summed E-state index contributed by atoms with van der Waals surface area (Å²) < 4.78 is 18.4. The number of rotatable bonds is 10. The van der Waals surface area contributed by atoms with Gasteiger partial charge < -0.3 is 25.1 Å². The standard InChI is InChI=1S/C26H28ClN5O6/c1-3-5-6-11-20(34)36-13-16-9-7-8-10-17(16)24(35)37-14-26(4-2)18(33)12-19(38-26)32-15-29-21-22(28)30-25(27)31-23(21)32/h2,7-10,15,18-19,33H,3,5-6,11-14H2,1H3,(H2,28,30,31)/t18-,19+,26+/m0/s1. The number of imidazole rings is 1. The topological polar surface area (TPSA) is 152 Å². The minimum Gasteiger partial charge on any atom is -0.461 e. The fourth-order valence-electron chi connectivity index (χ4n) is 4.19. The van der Waals surface area contributed by atoms with Crippen LogP contribution < -0.4 is 5.73 Å². The molecule has 200 valence electrons. The van der Waals surface area contributed by atoms with Gasteiger partial charge in [-0.3, -0.25) is 9.36 Å². The molecule has 0 spiro atoms. The van der Waals surface area contributed by atoms with Crippen molar-refractivity contribution in [2.45, 2.75) is 63.6 Å². The Labute approximate surface area is 224 Å². The minimum absolute atomic E-state index is 0.0688. The molecular formula is C26H28ClN5O6. The number of nitrogen functional groups attached to an aromatic ring is 1. The largest absolute Gasteiger partial charge is 0.461 e. The molecule has 2 aromatic heterocycles. The lowest BCUT2D eigenvalue weighted by Crippen LogP contribution is -2.43. The molecule has 1 fully saturated rings. The van der Waals surface area contributed by atoms with Gasteiger partial charge in [-0.05, 0) is 24.1 Å². The Balaban J connectivity index is 1.44. The number of anilines is 1. The van der Waals surface area contributed by atoms with Crippen LogP contribution in [0.15, 0.2) is 30.6 Å². The number of aliphatic hydroxyl groups is 1. The lowest BCUT2D eigenvalue weighted by molar-refractivity contribution is -0.145. The quantitative estimate of drug-likeness (QED) is 0.169. The number of fused-ring (bicyclic) bond motifs is 1. The molecule has 3 N–H and O–H groups in total. The molecule has 3 heterocycles. The highest BCUT2D eigenvalue weighted by atomic mass is 35.5. The molecule has 0 amide bonds.